The second-order valence-electron chi connectivity index (χ2n) is 6.89. The van der Waals surface area contributed by atoms with E-state index in [1.807, 2.05) is 20.8 Å². The molecule has 0 unspecified atom stereocenters. The van der Waals surface area contributed by atoms with Crippen molar-refractivity contribution in [2.45, 2.75) is 32.9 Å². The number of amides is 1. The van der Waals surface area contributed by atoms with E-state index < -0.39 is 11.5 Å². The average molecular weight is 410 g/mol. The maximum Gasteiger partial charge on any atom is 0.342 e. The molecule has 2 aromatic carbocycles. The fraction of sp³-hybridized carbons (Fsp3) is 0.300. The summed E-state index contributed by atoms with van der Waals surface area (Å²) < 4.78 is 10.8. The van der Waals surface area contributed by atoms with Gasteiger partial charge in [0.05, 0.1) is 0 Å². The Balaban J connectivity index is 2.02. The monoisotopic (exact) mass is 409 g/mol. The molecule has 0 radical (unpaired) electrons. The Bertz CT molecular complexity index is 831. The minimum absolute atomic E-state index is 0.158. The van der Waals surface area contributed by atoms with Crippen LogP contribution in [0.4, 0.5) is 0 Å². The Morgan fingerprint density at radius 1 is 1.07 bits per heavy atom. The highest BCUT2D eigenvalue weighted by molar-refractivity contribution is 6.35. The number of carbonyl (C=O) groups is 2. The van der Waals surface area contributed by atoms with Gasteiger partial charge in [-0.15, -0.1) is 0 Å². The lowest BCUT2D eigenvalue weighted by Gasteiger charge is -2.20. The number of para-hydroxylation sites is 1. The third kappa shape index (κ3) is 6.77. The van der Waals surface area contributed by atoms with Gasteiger partial charge in [-0.05, 0) is 45.0 Å². The fourth-order valence-corrected chi connectivity index (χ4v) is 2.68. The first kappa shape index (κ1) is 21.1. The number of nitrogens with one attached hydrogen (secondary N) is 1. The molecular formula is C20H21Cl2NO4. The molecule has 5 nitrogen and oxygen atoms in total. The van der Waals surface area contributed by atoms with E-state index in [9.17, 15) is 9.59 Å². The lowest BCUT2D eigenvalue weighted by atomic mass is 10.1. The smallest absolute Gasteiger partial charge is 0.342 e. The van der Waals surface area contributed by atoms with Crippen molar-refractivity contribution in [2.24, 2.45) is 0 Å². The predicted octanol–water partition coefficient (Wildman–Crippen LogP) is 4.64. The normalized spacial score (nSPS) is 11.0. The van der Waals surface area contributed by atoms with Crippen molar-refractivity contribution in [3.63, 3.8) is 0 Å². The standard InChI is InChI=1S/C20H21Cl2NO4/c1-20(2,3)23-18(24)12-27-19(25)15-6-4-5-7-17(15)26-11-13-8-9-14(21)10-16(13)22/h4-10H,11-12H2,1-3H3,(H,23,24). The van der Waals surface area contributed by atoms with Gasteiger partial charge in [-0.1, -0.05) is 41.4 Å². The van der Waals surface area contributed by atoms with Crippen molar-refractivity contribution in [1.82, 2.24) is 5.32 Å². The molecule has 0 spiro atoms. The van der Waals surface area contributed by atoms with E-state index in [0.29, 0.717) is 15.8 Å². The zero-order valence-electron chi connectivity index (χ0n) is 15.3. The molecule has 0 aliphatic rings. The lowest BCUT2D eigenvalue weighted by Crippen LogP contribution is -2.42. The van der Waals surface area contributed by atoms with Gasteiger partial charge in [0.2, 0.25) is 0 Å². The van der Waals surface area contributed by atoms with Gasteiger partial charge >= 0.3 is 5.97 Å². The molecule has 0 bridgehead atoms. The Hall–Kier alpha value is -2.24. The van der Waals surface area contributed by atoms with Crippen LogP contribution in [0.3, 0.4) is 0 Å². The number of halogens is 2. The van der Waals surface area contributed by atoms with Crippen LogP contribution < -0.4 is 10.1 Å². The molecule has 0 aliphatic carbocycles. The molecule has 2 rings (SSSR count). The predicted molar refractivity (Wildman–Crippen MR) is 105 cm³/mol. The van der Waals surface area contributed by atoms with E-state index in [1.54, 1.807) is 42.5 Å². The Morgan fingerprint density at radius 3 is 2.44 bits per heavy atom. The van der Waals surface area contributed by atoms with E-state index in [-0.39, 0.29) is 24.7 Å². The van der Waals surface area contributed by atoms with Gasteiger partial charge in [-0.2, -0.15) is 0 Å². The summed E-state index contributed by atoms with van der Waals surface area (Å²) in [6.07, 6.45) is 0. The SMILES string of the molecule is CC(C)(C)NC(=O)COC(=O)c1ccccc1OCc1ccc(Cl)cc1Cl. The lowest BCUT2D eigenvalue weighted by molar-refractivity contribution is -0.125. The van der Waals surface area contributed by atoms with Crippen molar-refractivity contribution in [3.8, 4) is 5.75 Å². The molecule has 0 aliphatic heterocycles. The first-order chi connectivity index (χ1) is 12.7. The third-order valence-corrected chi connectivity index (χ3v) is 3.94. The summed E-state index contributed by atoms with van der Waals surface area (Å²) in [7, 11) is 0. The van der Waals surface area contributed by atoms with E-state index in [2.05, 4.69) is 5.32 Å². The van der Waals surface area contributed by atoms with E-state index in [1.165, 1.54) is 0 Å². The van der Waals surface area contributed by atoms with Gasteiger partial charge < -0.3 is 14.8 Å². The highest BCUT2D eigenvalue weighted by atomic mass is 35.5. The number of ether oxygens (including phenoxy) is 2. The number of esters is 1. The largest absolute Gasteiger partial charge is 0.488 e. The second-order valence-corrected chi connectivity index (χ2v) is 7.74. The third-order valence-electron chi connectivity index (χ3n) is 3.35. The summed E-state index contributed by atoms with van der Waals surface area (Å²) in [5, 5.41) is 3.73. The number of benzene rings is 2. The van der Waals surface area contributed by atoms with Crippen LogP contribution in [0.2, 0.25) is 10.0 Å². The van der Waals surface area contributed by atoms with E-state index >= 15 is 0 Å². The number of hydrogen-bond donors (Lipinski definition) is 1. The summed E-state index contributed by atoms with van der Waals surface area (Å²) in [5.41, 5.74) is 0.558. The number of carbonyl (C=O) groups excluding carboxylic acids is 2. The molecule has 1 amide bonds. The maximum absolute atomic E-state index is 12.3. The van der Waals surface area contributed by atoms with Crippen LogP contribution in [0, 0.1) is 0 Å². The van der Waals surface area contributed by atoms with Crippen LogP contribution in [0.5, 0.6) is 5.75 Å². The van der Waals surface area contributed by atoms with Gasteiger partial charge in [0.25, 0.3) is 5.91 Å². The van der Waals surface area contributed by atoms with Crippen molar-refractivity contribution < 1.29 is 19.1 Å². The quantitative estimate of drug-likeness (QED) is 0.705. The molecule has 7 heteroatoms. The Labute approximate surface area is 168 Å². The zero-order chi connectivity index (χ0) is 20.0. The van der Waals surface area contributed by atoms with Gasteiger partial charge in [-0.3, -0.25) is 4.79 Å². The Kier molecular flexibility index (Phi) is 7.11. The van der Waals surface area contributed by atoms with Gasteiger partial charge in [0.15, 0.2) is 6.61 Å². The zero-order valence-corrected chi connectivity index (χ0v) is 16.9. The summed E-state index contributed by atoms with van der Waals surface area (Å²) in [6, 6.07) is 11.7. The highest BCUT2D eigenvalue weighted by Gasteiger charge is 2.18. The molecule has 0 saturated heterocycles. The molecule has 0 fully saturated rings. The summed E-state index contributed by atoms with van der Waals surface area (Å²) in [4.78, 5) is 24.1. The summed E-state index contributed by atoms with van der Waals surface area (Å²) in [6.45, 7) is 5.32. The minimum Gasteiger partial charge on any atom is -0.488 e. The van der Waals surface area contributed by atoms with Crippen LogP contribution >= 0.6 is 23.2 Å². The van der Waals surface area contributed by atoms with Crippen LogP contribution in [0.1, 0.15) is 36.7 Å². The van der Waals surface area contributed by atoms with Crippen LogP contribution in [0.15, 0.2) is 42.5 Å². The molecule has 27 heavy (non-hydrogen) atoms. The summed E-state index contributed by atoms with van der Waals surface area (Å²) >= 11 is 12.0. The molecule has 0 aromatic heterocycles. The van der Waals surface area contributed by atoms with Crippen LogP contribution in [0.25, 0.3) is 0 Å². The average Bonchev–Trinajstić information content (AvgIpc) is 2.58. The van der Waals surface area contributed by atoms with Gasteiger partial charge in [0.1, 0.15) is 17.9 Å². The Morgan fingerprint density at radius 2 is 1.78 bits per heavy atom. The topological polar surface area (TPSA) is 64.6 Å². The van der Waals surface area contributed by atoms with Crippen molar-refractivity contribution in [2.75, 3.05) is 6.61 Å². The first-order valence-corrected chi connectivity index (χ1v) is 9.05. The van der Waals surface area contributed by atoms with Crippen LogP contribution in [-0.2, 0) is 16.1 Å². The molecule has 1 N–H and O–H groups in total. The number of rotatable bonds is 6. The van der Waals surface area contributed by atoms with Gasteiger partial charge in [0, 0.05) is 21.1 Å². The molecule has 0 atom stereocenters. The minimum atomic E-state index is -0.642. The number of hydrogen-bond acceptors (Lipinski definition) is 4. The maximum atomic E-state index is 12.3. The van der Waals surface area contributed by atoms with Gasteiger partial charge in [-0.25, -0.2) is 4.79 Å². The van der Waals surface area contributed by atoms with E-state index in [4.69, 9.17) is 32.7 Å². The van der Waals surface area contributed by atoms with Crippen molar-refractivity contribution in [3.05, 3.63) is 63.6 Å². The van der Waals surface area contributed by atoms with E-state index in [0.717, 1.165) is 5.56 Å². The fourth-order valence-electron chi connectivity index (χ4n) is 2.22. The summed E-state index contributed by atoms with van der Waals surface area (Å²) in [5.74, 6) is -0.677. The molecule has 144 valence electrons. The van der Waals surface area contributed by atoms with Crippen molar-refractivity contribution in [1.29, 1.82) is 0 Å². The first-order valence-electron chi connectivity index (χ1n) is 8.29. The molecule has 2 aromatic rings. The van der Waals surface area contributed by atoms with Crippen molar-refractivity contribution >= 4 is 35.1 Å². The second kappa shape index (κ2) is 9.11. The molecule has 0 saturated carbocycles. The molecular weight excluding hydrogens is 389 g/mol. The molecule has 0 heterocycles. The van der Waals surface area contributed by atoms with Crippen LogP contribution in [-0.4, -0.2) is 24.0 Å². The highest BCUT2D eigenvalue weighted by Crippen LogP contribution is 2.24.